The van der Waals surface area contributed by atoms with Gasteiger partial charge in [-0.2, -0.15) is 5.26 Å². The monoisotopic (exact) mass is 741 g/mol. The summed E-state index contributed by atoms with van der Waals surface area (Å²) < 4.78 is 62.8. The van der Waals surface area contributed by atoms with Crippen LogP contribution in [-0.4, -0.2) is 79.5 Å². The van der Waals surface area contributed by atoms with Crippen LogP contribution >= 0.6 is 8.53 Å². The number of fused-ring (bicyclic) bond motifs is 2. The molecule has 2 aromatic heterocycles. The maximum absolute atomic E-state index is 15.7. The Morgan fingerprint density at radius 3 is 2.16 bits per heavy atom. The van der Waals surface area contributed by atoms with Gasteiger partial charge in [-0.15, -0.1) is 0 Å². The van der Waals surface area contributed by atoms with Gasteiger partial charge in [0, 0.05) is 25.3 Å². The van der Waals surface area contributed by atoms with Gasteiger partial charge < -0.3 is 35.9 Å². The van der Waals surface area contributed by atoms with Crippen molar-refractivity contribution in [3.63, 3.8) is 0 Å². The van der Waals surface area contributed by atoms with Gasteiger partial charge in [0.05, 0.1) is 32.0 Å². The van der Waals surface area contributed by atoms with Gasteiger partial charge in [0.25, 0.3) is 14.1 Å². The lowest BCUT2D eigenvalue weighted by molar-refractivity contribution is -0.0564. The highest BCUT2D eigenvalue weighted by atomic mass is 31.2. The van der Waals surface area contributed by atoms with Crippen molar-refractivity contribution in [2.75, 3.05) is 13.2 Å². The van der Waals surface area contributed by atoms with Gasteiger partial charge in [-0.25, -0.2) is 14.0 Å². The molecule has 4 rings (SSSR count). The third kappa shape index (κ3) is 7.65. The highest BCUT2D eigenvalue weighted by Crippen LogP contribution is 2.54. The lowest BCUT2D eigenvalue weighted by Gasteiger charge is -2.51. The maximum Gasteiger partial charge on any atom is 0.335 e. The average Bonchev–Trinajstić information content (AvgIpc) is 3.50. The smallest absolute Gasteiger partial charge is 0.335 e. The number of hydrogen-bond acceptors (Lipinski definition) is 10. The normalized spacial score (nSPS) is 24.8. The predicted molar refractivity (Wildman–Crippen MR) is 193 cm³/mol. The first kappa shape index (κ1) is 40.2. The molecule has 0 aromatic carbocycles. The largest absolute Gasteiger partial charge is 0.414 e. The van der Waals surface area contributed by atoms with Gasteiger partial charge in [-0.1, -0.05) is 55.4 Å². The summed E-state index contributed by atoms with van der Waals surface area (Å²) in [6.07, 6.45) is -0.269. The molecule has 2 aliphatic heterocycles. The van der Waals surface area contributed by atoms with Crippen molar-refractivity contribution in [2.45, 2.75) is 148 Å². The fourth-order valence-electron chi connectivity index (χ4n) is 7.23. The minimum atomic E-state index is -3.12. The van der Waals surface area contributed by atoms with Gasteiger partial charge in [0.2, 0.25) is 0 Å². The van der Waals surface area contributed by atoms with E-state index in [2.05, 4.69) is 98.8 Å². The molecule has 1 unspecified atom stereocenters. The minimum absolute atomic E-state index is 0.0349. The molecule has 0 spiro atoms. The number of rotatable bonds is 13. The summed E-state index contributed by atoms with van der Waals surface area (Å²) in [5.41, 5.74) is 0.00952. The Morgan fingerprint density at radius 2 is 1.63 bits per heavy atom. The Kier molecular flexibility index (Phi) is 13.1. The first-order valence-electron chi connectivity index (χ1n) is 17.6. The van der Waals surface area contributed by atoms with Crippen LogP contribution in [0.3, 0.4) is 0 Å². The van der Waals surface area contributed by atoms with Crippen LogP contribution in [0.25, 0.3) is 11.0 Å². The van der Waals surface area contributed by atoms with Crippen LogP contribution in [0.5, 0.6) is 0 Å². The Balaban J connectivity index is 1.95. The molecule has 49 heavy (non-hydrogen) atoms. The standard InChI is InChI=1S/C33H57FN5O7PSi2/c1-20(2)39(21(3)4)47(41-16-14-15-35)44-30-29-27(43-33(30)38-17-26(34)28-31(38)36-19-37(13)32(28)40)18-42-48(22(5)6,23(7)8)46-49(45-29,24(9)10)25(11)12/h17,19-25,27,29-30,33H,14,16,18H2,1-13H3/t27-,29-,30-,33-,47?/m1/s1. The van der Waals surface area contributed by atoms with Crippen LogP contribution in [0.1, 0.15) is 95.7 Å². The number of aryl methyl sites for hydroxylation is 1. The van der Waals surface area contributed by atoms with Crippen LogP contribution < -0.4 is 5.56 Å². The van der Waals surface area contributed by atoms with E-state index in [1.807, 2.05) is 0 Å². The molecule has 12 nitrogen and oxygen atoms in total. The summed E-state index contributed by atoms with van der Waals surface area (Å²) in [6, 6.07) is 2.23. The minimum Gasteiger partial charge on any atom is -0.414 e. The molecule has 0 amide bonds. The molecule has 2 aromatic rings. The Labute approximate surface area is 294 Å². The van der Waals surface area contributed by atoms with Gasteiger partial charge in [-0.3, -0.25) is 4.79 Å². The highest BCUT2D eigenvalue weighted by Gasteiger charge is 2.62. The van der Waals surface area contributed by atoms with Crippen molar-refractivity contribution in [3.05, 3.63) is 28.7 Å². The van der Waals surface area contributed by atoms with E-state index in [-0.39, 0.29) is 64.9 Å². The van der Waals surface area contributed by atoms with Crippen molar-refractivity contribution in [1.29, 1.82) is 5.26 Å². The number of aromatic nitrogens is 3. The summed E-state index contributed by atoms with van der Waals surface area (Å²) in [5.74, 6) is -0.700. The second-order valence-electron chi connectivity index (χ2n) is 15.0. The molecular weight excluding hydrogens is 685 g/mol. The van der Waals surface area contributed by atoms with Gasteiger partial charge in [0.1, 0.15) is 23.7 Å². The fourth-order valence-corrected chi connectivity index (χ4v) is 20.2. The quantitative estimate of drug-likeness (QED) is 0.117. The molecular formula is C33H57FN5O7PSi2. The summed E-state index contributed by atoms with van der Waals surface area (Å²) in [6.45, 7) is 25.9. The van der Waals surface area contributed by atoms with Crippen LogP contribution in [0, 0.1) is 17.1 Å². The summed E-state index contributed by atoms with van der Waals surface area (Å²) in [4.78, 5) is 17.6. The van der Waals surface area contributed by atoms with Crippen LogP contribution in [-0.2, 0) is 33.8 Å². The van der Waals surface area contributed by atoms with E-state index in [9.17, 15) is 10.1 Å². The van der Waals surface area contributed by atoms with Crippen LogP contribution in [0.15, 0.2) is 17.3 Å². The summed E-state index contributed by atoms with van der Waals surface area (Å²) >= 11 is 0. The molecule has 2 aliphatic rings. The molecule has 4 heterocycles. The van der Waals surface area contributed by atoms with Gasteiger partial charge in [-0.05, 0) is 49.9 Å². The third-order valence-electron chi connectivity index (χ3n) is 9.61. The van der Waals surface area contributed by atoms with Crippen LogP contribution in [0.2, 0.25) is 22.2 Å². The van der Waals surface area contributed by atoms with E-state index in [1.165, 1.54) is 24.1 Å². The van der Waals surface area contributed by atoms with E-state index < -0.39 is 61.6 Å². The molecule has 0 bridgehead atoms. The molecule has 5 atom stereocenters. The van der Waals surface area contributed by atoms with E-state index in [0.717, 1.165) is 0 Å². The zero-order valence-electron chi connectivity index (χ0n) is 31.5. The topological polar surface area (TPSA) is 122 Å². The SMILES string of the molecule is CC(C)N(C(C)C)P(OCCC#N)O[C@@H]1[C@@H]2O[Si](C(C)C)(C(C)C)O[Si](C(C)C)(C(C)C)OC[C@H]2O[C@H]1n1cc(F)c2c(=O)n(C)cnc21. The summed E-state index contributed by atoms with van der Waals surface area (Å²) in [5, 5.41) is 9.21. The van der Waals surface area contributed by atoms with Gasteiger partial charge >= 0.3 is 17.1 Å². The second-order valence-corrected chi connectivity index (χ2v) is 25.2. The van der Waals surface area contributed by atoms with Crippen LogP contribution in [0.4, 0.5) is 4.39 Å². The van der Waals surface area contributed by atoms with E-state index >= 15 is 4.39 Å². The van der Waals surface area contributed by atoms with Crippen molar-refractivity contribution in [1.82, 2.24) is 18.8 Å². The van der Waals surface area contributed by atoms with E-state index in [0.29, 0.717) is 0 Å². The van der Waals surface area contributed by atoms with E-state index in [4.69, 9.17) is 26.8 Å². The number of nitrogens with zero attached hydrogens (tertiary/aromatic N) is 5. The molecule has 0 N–H and O–H groups in total. The van der Waals surface area contributed by atoms with E-state index in [1.54, 1.807) is 4.57 Å². The van der Waals surface area contributed by atoms with Crippen molar-refractivity contribution >= 4 is 36.7 Å². The van der Waals surface area contributed by atoms with Crippen molar-refractivity contribution in [3.8, 4) is 6.07 Å². The average molecular weight is 742 g/mol. The Hall–Kier alpha value is -1.58. The fraction of sp³-hybridized carbons (Fsp3) is 0.788. The molecule has 2 saturated heterocycles. The molecule has 16 heteroatoms. The molecule has 2 fully saturated rings. The zero-order chi connectivity index (χ0) is 36.6. The third-order valence-corrected chi connectivity index (χ3v) is 22.0. The Bertz CT molecular complexity index is 1510. The summed E-state index contributed by atoms with van der Waals surface area (Å²) in [7, 11) is -6.24. The number of nitriles is 1. The lowest BCUT2D eigenvalue weighted by atomic mass is 10.1. The molecule has 276 valence electrons. The lowest BCUT2D eigenvalue weighted by Crippen LogP contribution is -2.65. The second kappa shape index (κ2) is 16.0. The number of hydrogen-bond donors (Lipinski definition) is 0. The molecule has 0 aliphatic carbocycles. The number of halogens is 1. The van der Waals surface area contributed by atoms with Gasteiger partial charge in [0.15, 0.2) is 17.7 Å². The number of ether oxygens (including phenoxy) is 1. The first-order valence-corrected chi connectivity index (χ1v) is 22.6. The molecule has 0 radical (unpaired) electrons. The predicted octanol–water partition coefficient (Wildman–Crippen LogP) is 7.39. The highest BCUT2D eigenvalue weighted by molar-refractivity contribution is 7.44. The molecule has 0 saturated carbocycles. The van der Waals surface area contributed by atoms with Crippen molar-refractivity contribution in [2.24, 2.45) is 7.05 Å². The first-order chi connectivity index (χ1) is 22.9. The van der Waals surface area contributed by atoms with Crippen molar-refractivity contribution < 1.29 is 31.1 Å². The maximum atomic E-state index is 15.7. The zero-order valence-corrected chi connectivity index (χ0v) is 34.4. The Morgan fingerprint density at radius 1 is 1.04 bits per heavy atom.